The third-order valence-electron chi connectivity index (χ3n) is 5.74. The van der Waals surface area contributed by atoms with Crippen LogP contribution in [0.2, 0.25) is 0 Å². The summed E-state index contributed by atoms with van der Waals surface area (Å²) in [5.41, 5.74) is 2.73. The SMILES string of the molecule is CSc1ccc2c(c1)[C@H](N1CCN(CCCO)CC1)Cc1ccc(O)cc1S2. The highest BCUT2D eigenvalue weighted by atomic mass is 32.2. The number of nitrogens with zero attached hydrogens (tertiary/aromatic N) is 2. The Hall–Kier alpha value is -1.18. The molecule has 2 N–H and O–H groups in total. The van der Waals surface area contributed by atoms with Crippen LogP contribution in [0.3, 0.4) is 0 Å². The zero-order chi connectivity index (χ0) is 19.5. The van der Waals surface area contributed by atoms with Gasteiger partial charge in [0, 0.05) is 60.1 Å². The van der Waals surface area contributed by atoms with Gasteiger partial charge in [0.25, 0.3) is 0 Å². The lowest BCUT2D eigenvalue weighted by molar-refractivity contribution is 0.0898. The van der Waals surface area contributed by atoms with Crippen LogP contribution in [0.15, 0.2) is 51.1 Å². The summed E-state index contributed by atoms with van der Waals surface area (Å²) in [5.74, 6) is 0.337. The molecule has 2 aromatic rings. The molecule has 0 saturated carbocycles. The van der Waals surface area contributed by atoms with Gasteiger partial charge >= 0.3 is 0 Å². The van der Waals surface area contributed by atoms with E-state index in [1.165, 1.54) is 25.8 Å². The Labute approximate surface area is 175 Å². The molecule has 2 aliphatic rings. The summed E-state index contributed by atoms with van der Waals surface area (Å²) < 4.78 is 0. The minimum Gasteiger partial charge on any atom is -0.508 e. The van der Waals surface area contributed by atoms with Gasteiger partial charge in [0.05, 0.1) is 0 Å². The number of rotatable bonds is 5. The molecule has 150 valence electrons. The van der Waals surface area contributed by atoms with Gasteiger partial charge in [-0.1, -0.05) is 17.8 Å². The molecule has 0 spiro atoms. The van der Waals surface area contributed by atoms with Crippen molar-refractivity contribution in [1.82, 2.24) is 9.80 Å². The summed E-state index contributed by atoms with van der Waals surface area (Å²) in [6, 6.07) is 13.0. The zero-order valence-electron chi connectivity index (χ0n) is 16.3. The average molecular weight is 417 g/mol. The van der Waals surface area contributed by atoms with E-state index < -0.39 is 0 Å². The van der Waals surface area contributed by atoms with Gasteiger partial charge in [0.2, 0.25) is 0 Å². The standard InChI is InChI=1S/C22H28N2O2S2/c1-27-18-5-6-21-19(15-18)20(13-16-3-4-17(26)14-22(16)28-21)24-10-8-23(9-11-24)7-2-12-25/h3-6,14-15,20,25-26H,2,7-13H2,1H3/t20-/m1/s1. The number of aliphatic hydroxyl groups is 1. The fourth-order valence-corrected chi connectivity index (χ4v) is 5.77. The third kappa shape index (κ3) is 4.36. The van der Waals surface area contributed by atoms with E-state index >= 15 is 0 Å². The van der Waals surface area contributed by atoms with Crippen molar-refractivity contribution >= 4 is 23.5 Å². The number of thioether (sulfide) groups is 1. The van der Waals surface area contributed by atoms with Gasteiger partial charge in [-0.3, -0.25) is 4.90 Å². The molecule has 0 unspecified atom stereocenters. The van der Waals surface area contributed by atoms with Crippen molar-refractivity contribution in [2.24, 2.45) is 0 Å². The molecule has 28 heavy (non-hydrogen) atoms. The summed E-state index contributed by atoms with van der Waals surface area (Å²) in [6.45, 7) is 5.48. The maximum Gasteiger partial charge on any atom is 0.116 e. The van der Waals surface area contributed by atoms with E-state index in [-0.39, 0.29) is 6.61 Å². The minimum absolute atomic E-state index is 0.272. The molecule has 2 aliphatic heterocycles. The van der Waals surface area contributed by atoms with E-state index in [4.69, 9.17) is 5.11 Å². The molecule has 0 amide bonds. The van der Waals surface area contributed by atoms with Crippen LogP contribution < -0.4 is 0 Å². The van der Waals surface area contributed by atoms with E-state index in [2.05, 4.69) is 40.3 Å². The first-order chi connectivity index (χ1) is 13.7. The molecule has 2 heterocycles. The number of benzene rings is 2. The van der Waals surface area contributed by atoms with Crippen molar-refractivity contribution < 1.29 is 10.2 Å². The number of hydrogen-bond acceptors (Lipinski definition) is 6. The minimum atomic E-state index is 0.272. The average Bonchev–Trinajstić information content (AvgIpc) is 2.88. The number of piperazine rings is 1. The lowest BCUT2D eigenvalue weighted by Crippen LogP contribution is -2.48. The van der Waals surface area contributed by atoms with Crippen LogP contribution >= 0.6 is 23.5 Å². The Morgan fingerprint density at radius 2 is 1.89 bits per heavy atom. The quantitative estimate of drug-likeness (QED) is 0.722. The Morgan fingerprint density at radius 1 is 1.07 bits per heavy atom. The van der Waals surface area contributed by atoms with Crippen LogP contribution in [0.1, 0.15) is 23.6 Å². The van der Waals surface area contributed by atoms with Crippen molar-refractivity contribution in [3.05, 3.63) is 47.5 Å². The summed E-state index contributed by atoms with van der Waals surface area (Å²) >= 11 is 3.58. The number of aromatic hydroxyl groups is 1. The van der Waals surface area contributed by atoms with Crippen molar-refractivity contribution in [2.45, 2.75) is 33.6 Å². The number of fused-ring (bicyclic) bond motifs is 2. The number of hydrogen-bond donors (Lipinski definition) is 2. The van der Waals surface area contributed by atoms with Crippen LogP contribution in [-0.2, 0) is 6.42 Å². The lowest BCUT2D eigenvalue weighted by Gasteiger charge is -2.39. The van der Waals surface area contributed by atoms with E-state index in [1.54, 1.807) is 23.5 Å². The van der Waals surface area contributed by atoms with Crippen molar-refractivity contribution in [1.29, 1.82) is 0 Å². The highest BCUT2D eigenvalue weighted by Gasteiger charge is 2.30. The van der Waals surface area contributed by atoms with Gasteiger partial charge in [-0.2, -0.15) is 0 Å². The van der Waals surface area contributed by atoms with E-state index in [0.29, 0.717) is 11.8 Å². The van der Waals surface area contributed by atoms with Gasteiger partial charge in [-0.25, -0.2) is 0 Å². The first-order valence-corrected chi connectivity index (χ1v) is 12.0. The largest absolute Gasteiger partial charge is 0.508 e. The predicted octanol–water partition coefficient (Wildman–Crippen LogP) is 3.86. The number of aliphatic hydroxyl groups excluding tert-OH is 1. The van der Waals surface area contributed by atoms with Crippen LogP contribution in [-0.4, -0.2) is 65.6 Å². The van der Waals surface area contributed by atoms with Crippen molar-refractivity contribution in [3.63, 3.8) is 0 Å². The molecule has 0 radical (unpaired) electrons. The zero-order valence-corrected chi connectivity index (χ0v) is 17.9. The molecule has 4 rings (SSSR count). The highest BCUT2D eigenvalue weighted by Crippen LogP contribution is 2.45. The molecule has 1 fully saturated rings. The molecular formula is C22H28N2O2S2. The topological polar surface area (TPSA) is 46.9 Å². The van der Waals surface area contributed by atoms with Gasteiger partial charge in [0.1, 0.15) is 5.75 Å². The molecule has 0 aliphatic carbocycles. The predicted molar refractivity (Wildman–Crippen MR) is 117 cm³/mol. The van der Waals surface area contributed by atoms with Crippen molar-refractivity contribution in [3.8, 4) is 5.75 Å². The van der Waals surface area contributed by atoms with Gasteiger partial charge in [0.15, 0.2) is 0 Å². The Morgan fingerprint density at radius 3 is 2.64 bits per heavy atom. The molecule has 4 nitrogen and oxygen atoms in total. The van der Waals surface area contributed by atoms with Crippen LogP contribution in [0.5, 0.6) is 5.75 Å². The second-order valence-electron chi connectivity index (χ2n) is 7.47. The molecule has 6 heteroatoms. The molecule has 1 atom stereocenters. The van der Waals surface area contributed by atoms with Gasteiger partial charge in [-0.15, -0.1) is 11.8 Å². The summed E-state index contributed by atoms with van der Waals surface area (Å²) in [7, 11) is 0. The van der Waals surface area contributed by atoms with Crippen LogP contribution in [0, 0.1) is 0 Å². The van der Waals surface area contributed by atoms with Crippen molar-refractivity contribution in [2.75, 3.05) is 45.6 Å². The van der Waals surface area contributed by atoms with Gasteiger partial charge < -0.3 is 15.1 Å². The maximum absolute atomic E-state index is 9.97. The number of phenolic OH excluding ortho intramolecular Hbond substituents is 1. The molecule has 1 saturated heterocycles. The fraction of sp³-hybridized carbons (Fsp3) is 0.455. The highest BCUT2D eigenvalue weighted by molar-refractivity contribution is 7.99. The first kappa shape index (κ1) is 20.1. The van der Waals surface area contributed by atoms with Crippen LogP contribution in [0.25, 0.3) is 0 Å². The summed E-state index contributed by atoms with van der Waals surface area (Å²) in [6.07, 6.45) is 3.97. The van der Waals surface area contributed by atoms with E-state index in [9.17, 15) is 5.11 Å². The molecular weight excluding hydrogens is 388 g/mol. The normalized spacial score (nSPS) is 20.4. The molecule has 2 aromatic carbocycles. The summed E-state index contributed by atoms with van der Waals surface area (Å²) in [4.78, 5) is 8.86. The number of phenols is 1. The van der Waals surface area contributed by atoms with Gasteiger partial charge in [-0.05, 0) is 60.6 Å². The first-order valence-electron chi connectivity index (χ1n) is 9.93. The summed E-state index contributed by atoms with van der Waals surface area (Å²) in [5, 5.41) is 19.1. The molecule has 0 aromatic heterocycles. The fourth-order valence-electron chi connectivity index (χ4n) is 4.17. The molecule has 0 bridgehead atoms. The van der Waals surface area contributed by atoms with E-state index in [1.807, 2.05) is 12.1 Å². The second kappa shape index (κ2) is 9.09. The monoisotopic (exact) mass is 416 g/mol. The Kier molecular flexibility index (Phi) is 6.53. The van der Waals surface area contributed by atoms with Crippen LogP contribution in [0.4, 0.5) is 0 Å². The Bertz CT molecular complexity index is 822. The lowest BCUT2D eigenvalue weighted by atomic mass is 9.96. The second-order valence-corrected chi connectivity index (χ2v) is 9.44. The maximum atomic E-state index is 9.97. The van der Waals surface area contributed by atoms with E-state index in [0.717, 1.165) is 45.6 Å². The Balaban J connectivity index is 1.63. The smallest absolute Gasteiger partial charge is 0.116 e. The third-order valence-corrected chi connectivity index (χ3v) is 7.66.